The fourth-order valence-electron chi connectivity index (χ4n) is 1.44. The van der Waals surface area contributed by atoms with Gasteiger partial charge in [-0.2, -0.15) is 0 Å². The molecule has 0 aliphatic carbocycles. The molecule has 0 radical (unpaired) electrons. The van der Waals surface area contributed by atoms with Crippen LogP contribution in [0.4, 0.5) is 5.82 Å². The fraction of sp³-hybridized carbons (Fsp3) is 0.600. The van der Waals surface area contributed by atoms with E-state index in [4.69, 9.17) is 11.5 Å². The molecule has 15 heavy (non-hydrogen) atoms. The van der Waals surface area contributed by atoms with Crippen molar-refractivity contribution in [3.8, 4) is 0 Å². The van der Waals surface area contributed by atoms with Gasteiger partial charge >= 0.3 is 0 Å². The van der Waals surface area contributed by atoms with Gasteiger partial charge < -0.3 is 16.5 Å². The molecule has 84 valence electrons. The first-order chi connectivity index (χ1) is 6.97. The Balaban J connectivity index is 3.26. The van der Waals surface area contributed by atoms with Gasteiger partial charge in [0.15, 0.2) is 0 Å². The van der Waals surface area contributed by atoms with Crippen LogP contribution in [-0.2, 0) is 0 Å². The van der Waals surface area contributed by atoms with Crippen molar-refractivity contribution < 1.29 is 0 Å². The maximum Gasteiger partial charge on any atom is 0.256 e. The summed E-state index contributed by atoms with van der Waals surface area (Å²) < 4.78 is 0. The molecule has 0 spiro atoms. The number of hydrogen-bond acceptors (Lipinski definition) is 4. The lowest BCUT2D eigenvalue weighted by molar-refractivity contribution is 0.641. The van der Waals surface area contributed by atoms with Crippen molar-refractivity contribution in [3.63, 3.8) is 0 Å². The SMILES string of the molecule is CCC(N)c1nc(N)c(C(C)C)c(=O)[nH]1. The van der Waals surface area contributed by atoms with Crippen LogP contribution in [0.15, 0.2) is 4.79 Å². The summed E-state index contributed by atoms with van der Waals surface area (Å²) in [5.74, 6) is 0.810. The summed E-state index contributed by atoms with van der Waals surface area (Å²) in [7, 11) is 0. The molecular weight excluding hydrogens is 192 g/mol. The lowest BCUT2D eigenvalue weighted by Gasteiger charge is -2.12. The van der Waals surface area contributed by atoms with Crippen LogP contribution in [0.25, 0.3) is 0 Å². The molecule has 1 aromatic heterocycles. The van der Waals surface area contributed by atoms with Crippen LogP contribution < -0.4 is 17.0 Å². The Morgan fingerprint density at radius 1 is 1.47 bits per heavy atom. The number of nitrogens with two attached hydrogens (primary N) is 2. The van der Waals surface area contributed by atoms with Gasteiger partial charge in [-0.3, -0.25) is 4.79 Å². The molecule has 5 heteroatoms. The number of anilines is 1. The number of aromatic nitrogens is 2. The Bertz CT molecular complexity index is 397. The third-order valence-corrected chi connectivity index (χ3v) is 2.37. The van der Waals surface area contributed by atoms with Crippen LogP contribution >= 0.6 is 0 Å². The van der Waals surface area contributed by atoms with Crippen LogP contribution in [0.2, 0.25) is 0 Å². The topological polar surface area (TPSA) is 97.8 Å². The normalized spacial score (nSPS) is 13.1. The molecule has 0 bridgehead atoms. The molecule has 0 saturated heterocycles. The molecule has 0 aliphatic rings. The van der Waals surface area contributed by atoms with Crippen molar-refractivity contribution in [1.29, 1.82) is 0 Å². The average molecular weight is 210 g/mol. The minimum Gasteiger partial charge on any atom is -0.383 e. The van der Waals surface area contributed by atoms with Gasteiger partial charge in [0.05, 0.1) is 11.6 Å². The second-order valence-corrected chi connectivity index (χ2v) is 3.92. The molecular formula is C10H18N4O. The maximum absolute atomic E-state index is 11.7. The third kappa shape index (κ3) is 2.36. The predicted octanol–water partition coefficient (Wildman–Crippen LogP) is 0.885. The van der Waals surface area contributed by atoms with Crippen molar-refractivity contribution in [2.75, 3.05) is 5.73 Å². The van der Waals surface area contributed by atoms with Crippen molar-refractivity contribution in [3.05, 3.63) is 21.7 Å². The smallest absolute Gasteiger partial charge is 0.256 e. The summed E-state index contributed by atoms with van der Waals surface area (Å²) >= 11 is 0. The Morgan fingerprint density at radius 2 is 2.07 bits per heavy atom. The van der Waals surface area contributed by atoms with Crippen LogP contribution in [0.1, 0.15) is 50.5 Å². The standard InChI is InChI=1S/C10H18N4O/c1-4-6(11)9-13-8(12)7(5(2)3)10(15)14-9/h5-6H,4,11H2,1-3H3,(H3,12,13,14,15). The molecule has 1 heterocycles. The first kappa shape index (κ1) is 11.7. The van der Waals surface area contributed by atoms with E-state index in [-0.39, 0.29) is 23.3 Å². The lowest BCUT2D eigenvalue weighted by Crippen LogP contribution is -2.24. The second-order valence-electron chi connectivity index (χ2n) is 3.92. The molecule has 0 amide bonds. The Labute approximate surface area is 88.9 Å². The van der Waals surface area contributed by atoms with Crippen molar-refractivity contribution in [2.24, 2.45) is 5.73 Å². The quantitative estimate of drug-likeness (QED) is 0.690. The first-order valence-electron chi connectivity index (χ1n) is 5.12. The van der Waals surface area contributed by atoms with E-state index in [9.17, 15) is 4.79 Å². The van der Waals surface area contributed by atoms with E-state index < -0.39 is 0 Å². The molecule has 5 N–H and O–H groups in total. The third-order valence-electron chi connectivity index (χ3n) is 2.37. The van der Waals surface area contributed by atoms with Gasteiger partial charge in [0.1, 0.15) is 11.6 Å². The summed E-state index contributed by atoms with van der Waals surface area (Å²) in [4.78, 5) is 18.5. The van der Waals surface area contributed by atoms with Crippen molar-refractivity contribution in [2.45, 2.75) is 39.2 Å². The van der Waals surface area contributed by atoms with E-state index in [0.717, 1.165) is 0 Å². The number of rotatable bonds is 3. The molecule has 0 aliphatic heterocycles. The van der Waals surface area contributed by atoms with Crippen LogP contribution in [0, 0.1) is 0 Å². The summed E-state index contributed by atoms with van der Waals surface area (Å²) in [5.41, 5.74) is 11.8. The highest BCUT2D eigenvalue weighted by molar-refractivity contribution is 5.39. The van der Waals surface area contributed by atoms with E-state index in [1.165, 1.54) is 0 Å². The van der Waals surface area contributed by atoms with Crippen LogP contribution in [-0.4, -0.2) is 9.97 Å². The number of H-pyrrole nitrogens is 1. The fourth-order valence-corrected chi connectivity index (χ4v) is 1.44. The number of nitrogens with one attached hydrogen (secondary N) is 1. The second kappa shape index (κ2) is 4.44. The van der Waals surface area contributed by atoms with Crippen LogP contribution in [0.3, 0.4) is 0 Å². The number of hydrogen-bond donors (Lipinski definition) is 3. The van der Waals surface area contributed by atoms with Gasteiger partial charge in [-0.25, -0.2) is 4.98 Å². The van der Waals surface area contributed by atoms with Gasteiger partial charge in [-0.15, -0.1) is 0 Å². The van der Waals surface area contributed by atoms with E-state index in [2.05, 4.69) is 9.97 Å². The number of nitrogen functional groups attached to an aromatic ring is 1. The first-order valence-corrected chi connectivity index (χ1v) is 5.12. The van der Waals surface area contributed by atoms with Gasteiger partial charge in [0.2, 0.25) is 0 Å². The minimum atomic E-state index is -0.263. The van der Waals surface area contributed by atoms with Gasteiger partial charge in [-0.05, 0) is 12.3 Å². The highest BCUT2D eigenvalue weighted by Gasteiger charge is 2.14. The largest absolute Gasteiger partial charge is 0.383 e. The highest BCUT2D eigenvalue weighted by Crippen LogP contribution is 2.16. The van der Waals surface area contributed by atoms with E-state index in [1.807, 2.05) is 20.8 Å². The van der Waals surface area contributed by atoms with Gasteiger partial charge in [0.25, 0.3) is 5.56 Å². The molecule has 1 rings (SSSR count). The number of nitrogens with zero attached hydrogens (tertiary/aromatic N) is 1. The van der Waals surface area contributed by atoms with Gasteiger partial charge in [-0.1, -0.05) is 20.8 Å². The molecule has 0 saturated carbocycles. The van der Waals surface area contributed by atoms with E-state index in [0.29, 0.717) is 17.8 Å². The monoisotopic (exact) mass is 210 g/mol. The Morgan fingerprint density at radius 3 is 2.47 bits per heavy atom. The van der Waals surface area contributed by atoms with Crippen molar-refractivity contribution in [1.82, 2.24) is 9.97 Å². The summed E-state index contributed by atoms with van der Waals surface area (Å²) in [6.07, 6.45) is 0.712. The molecule has 1 atom stereocenters. The summed E-state index contributed by atoms with van der Waals surface area (Å²) in [5, 5.41) is 0. The van der Waals surface area contributed by atoms with Crippen molar-refractivity contribution >= 4 is 5.82 Å². The highest BCUT2D eigenvalue weighted by atomic mass is 16.1. The van der Waals surface area contributed by atoms with Crippen LogP contribution in [0.5, 0.6) is 0 Å². The van der Waals surface area contributed by atoms with E-state index in [1.54, 1.807) is 0 Å². The predicted molar refractivity (Wildman–Crippen MR) is 60.6 cm³/mol. The zero-order valence-corrected chi connectivity index (χ0v) is 9.37. The lowest BCUT2D eigenvalue weighted by atomic mass is 10.1. The molecule has 1 aromatic rings. The maximum atomic E-state index is 11.7. The molecule has 0 fully saturated rings. The summed E-state index contributed by atoms with van der Waals surface area (Å²) in [6, 6.07) is -0.263. The Hall–Kier alpha value is -1.36. The minimum absolute atomic E-state index is 0.0631. The zero-order valence-electron chi connectivity index (χ0n) is 9.37. The molecule has 1 unspecified atom stereocenters. The van der Waals surface area contributed by atoms with Gasteiger partial charge in [0, 0.05) is 0 Å². The Kier molecular flexibility index (Phi) is 3.47. The average Bonchev–Trinajstić information content (AvgIpc) is 2.14. The molecule has 0 aromatic carbocycles. The number of aromatic amines is 1. The zero-order chi connectivity index (χ0) is 11.6. The molecule has 5 nitrogen and oxygen atoms in total. The summed E-state index contributed by atoms with van der Waals surface area (Å²) in [6.45, 7) is 5.74. The van der Waals surface area contributed by atoms with E-state index >= 15 is 0 Å².